The number of nitriles is 2. The minimum atomic E-state index is 0.665. The smallest absolute Gasteiger partial charge is 0.0998 e. The number of para-hydroxylation sites is 1. The van der Waals surface area contributed by atoms with E-state index in [0.717, 1.165) is 44.2 Å². The number of hydrogen-bond acceptors (Lipinski definition) is 2. The Labute approximate surface area is 174 Å². The van der Waals surface area contributed by atoms with Crippen molar-refractivity contribution in [1.82, 2.24) is 4.57 Å². The summed E-state index contributed by atoms with van der Waals surface area (Å²) in [5.41, 5.74) is 7.43. The van der Waals surface area contributed by atoms with Crippen molar-refractivity contribution in [3.05, 3.63) is 102 Å². The Hall–Kier alpha value is -4.34. The van der Waals surface area contributed by atoms with Crippen LogP contribution in [0.1, 0.15) is 16.7 Å². The van der Waals surface area contributed by atoms with E-state index in [1.165, 1.54) is 0 Å². The fourth-order valence-corrected chi connectivity index (χ4v) is 4.22. The van der Waals surface area contributed by atoms with E-state index in [-0.39, 0.29) is 0 Å². The number of nitrogens with zero attached hydrogens (tertiary/aromatic N) is 3. The van der Waals surface area contributed by atoms with Crippen LogP contribution in [0.15, 0.2) is 84.9 Å². The standard InChI is InChI=1S/C27H17N3/c1-18-20(16-28)8-6-12-25(18)30-26-11-5-4-10-23(26)24-15-19(13-14-27(24)30)22-9-3-2-7-21(22)17-29/h2-15H,1H3. The summed E-state index contributed by atoms with van der Waals surface area (Å²) in [5.74, 6) is 0. The monoisotopic (exact) mass is 383 g/mol. The highest BCUT2D eigenvalue weighted by Crippen LogP contribution is 2.36. The van der Waals surface area contributed by atoms with Gasteiger partial charge in [0.1, 0.15) is 0 Å². The molecular weight excluding hydrogens is 366 g/mol. The minimum absolute atomic E-state index is 0.665. The maximum absolute atomic E-state index is 9.52. The van der Waals surface area contributed by atoms with Crippen LogP contribution in [0.5, 0.6) is 0 Å². The molecule has 0 bridgehead atoms. The molecule has 4 aromatic carbocycles. The van der Waals surface area contributed by atoms with E-state index >= 15 is 0 Å². The van der Waals surface area contributed by atoms with E-state index in [1.807, 2.05) is 55.5 Å². The molecular formula is C27H17N3. The van der Waals surface area contributed by atoms with Crippen molar-refractivity contribution in [2.75, 3.05) is 0 Å². The SMILES string of the molecule is Cc1c(C#N)cccc1-n1c2ccccc2c2cc(-c3ccccc3C#N)ccc21. The molecule has 0 amide bonds. The average molecular weight is 383 g/mol. The molecule has 140 valence electrons. The molecule has 0 aliphatic rings. The molecule has 1 heterocycles. The molecule has 0 radical (unpaired) electrons. The first-order valence-corrected chi connectivity index (χ1v) is 9.75. The van der Waals surface area contributed by atoms with Crippen LogP contribution in [0.4, 0.5) is 0 Å². The normalized spacial score (nSPS) is 10.8. The fraction of sp³-hybridized carbons (Fsp3) is 0.0370. The first-order chi connectivity index (χ1) is 14.7. The van der Waals surface area contributed by atoms with Gasteiger partial charge in [-0.25, -0.2) is 0 Å². The van der Waals surface area contributed by atoms with E-state index < -0.39 is 0 Å². The van der Waals surface area contributed by atoms with Gasteiger partial charge < -0.3 is 4.57 Å². The molecule has 0 atom stereocenters. The Morgan fingerprint density at radius 2 is 1.37 bits per heavy atom. The average Bonchev–Trinajstić information content (AvgIpc) is 3.13. The molecule has 0 fully saturated rings. The highest BCUT2D eigenvalue weighted by Gasteiger charge is 2.16. The van der Waals surface area contributed by atoms with Gasteiger partial charge in [0.2, 0.25) is 0 Å². The quantitative estimate of drug-likeness (QED) is 0.349. The summed E-state index contributed by atoms with van der Waals surface area (Å²) in [6.45, 7) is 1.99. The number of benzene rings is 4. The third-order valence-electron chi connectivity index (χ3n) is 5.70. The van der Waals surface area contributed by atoms with Crippen LogP contribution in [-0.2, 0) is 0 Å². The van der Waals surface area contributed by atoms with Gasteiger partial charge in [0.15, 0.2) is 0 Å². The molecule has 0 unspecified atom stereocenters. The van der Waals surface area contributed by atoms with Crippen LogP contribution in [0.25, 0.3) is 38.6 Å². The molecule has 0 saturated heterocycles. The lowest BCUT2D eigenvalue weighted by molar-refractivity contribution is 1.14. The molecule has 0 aliphatic carbocycles. The second-order valence-electron chi connectivity index (χ2n) is 7.30. The van der Waals surface area contributed by atoms with Gasteiger partial charge in [-0.05, 0) is 60.0 Å². The van der Waals surface area contributed by atoms with Crippen LogP contribution in [-0.4, -0.2) is 4.57 Å². The number of fused-ring (bicyclic) bond motifs is 3. The lowest BCUT2D eigenvalue weighted by Gasteiger charge is -2.12. The summed E-state index contributed by atoms with van der Waals surface area (Å²) >= 11 is 0. The van der Waals surface area contributed by atoms with E-state index in [4.69, 9.17) is 0 Å². The topological polar surface area (TPSA) is 52.5 Å². The summed E-state index contributed by atoms with van der Waals surface area (Å²) in [6, 6.07) is 32.7. The Balaban J connectivity index is 1.86. The molecule has 0 N–H and O–H groups in total. The molecule has 30 heavy (non-hydrogen) atoms. The first-order valence-electron chi connectivity index (χ1n) is 9.75. The van der Waals surface area contributed by atoms with Crippen molar-refractivity contribution in [1.29, 1.82) is 10.5 Å². The van der Waals surface area contributed by atoms with Gasteiger partial charge in [0.05, 0.1) is 40.0 Å². The van der Waals surface area contributed by atoms with Gasteiger partial charge in [-0.2, -0.15) is 10.5 Å². The third-order valence-corrected chi connectivity index (χ3v) is 5.70. The maximum atomic E-state index is 9.52. The van der Waals surface area contributed by atoms with E-state index in [2.05, 4.69) is 53.1 Å². The fourth-order valence-electron chi connectivity index (χ4n) is 4.22. The zero-order chi connectivity index (χ0) is 20.7. The second-order valence-corrected chi connectivity index (χ2v) is 7.30. The Morgan fingerprint density at radius 1 is 0.667 bits per heavy atom. The molecule has 1 aromatic heterocycles. The minimum Gasteiger partial charge on any atom is -0.309 e. The highest BCUT2D eigenvalue weighted by molar-refractivity contribution is 6.10. The molecule has 5 rings (SSSR count). The van der Waals surface area contributed by atoms with Crippen LogP contribution >= 0.6 is 0 Å². The van der Waals surface area contributed by atoms with Crippen molar-refractivity contribution in [3.8, 4) is 29.0 Å². The van der Waals surface area contributed by atoms with Gasteiger partial charge in [-0.3, -0.25) is 0 Å². The van der Waals surface area contributed by atoms with E-state index in [0.29, 0.717) is 11.1 Å². The third kappa shape index (κ3) is 2.58. The summed E-state index contributed by atoms with van der Waals surface area (Å²) in [7, 11) is 0. The second kappa shape index (κ2) is 6.92. The lowest BCUT2D eigenvalue weighted by atomic mass is 9.98. The first kappa shape index (κ1) is 17.7. The Kier molecular flexibility index (Phi) is 4.09. The van der Waals surface area contributed by atoms with Gasteiger partial charge in [-0.15, -0.1) is 0 Å². The molecule has 0 spiro atoms. The largest absolute Gasteiger partial charge is 0.309 e. The summed E-state index contributed by atoms with van der Waals surface area (Å²) in [6.07, 6.45) is 0. The molecule has 0 saturated carbocycles. The number of rotatable bonds is 2. The van der Waals surface area contributed by atoms with Gasteiger partial charge in [0.25, 0.3) is 0 Å². The van der Waals surface area contributed by atoms with Crippen molar-refractivity contribution in [2.45, 2.75) is 6.92 Å². The lowest BCUT2D eigenvalue weighted by Crippen LogP contribution is -1.98. The predicted molar refractivity (Wildman–Crippen MR) is 120 cm³/mol. The zero-order valence-corrected chi connectivity index (χ0v) is 16.4. The van der Waals surface area contributed by atoms with Gasteiger partial charge >= 0.3 is 0 Å². The van der Waals surface area contributed by atoms with Crippen LogP contribution in [0.3, 0.4) is 0 Å². The molecule has 3 nitrogen and oxygen atoms in total. The van der Waals surface area contributed by atoms with Gasteiger partial charge in [-0.1, -0.05) is 48.5 Å². The van der Waals surface area contributed by atoms with Crippen molar-refractivity contribution >= 4 is 21.8 Å². The van der Waals surface area contributed by atoms with Crippen LogP contribution < -0.4 is 0 Å². The highest BCUT2D eigenvalue weighted by atomic mass is 15.0. The predicted octanol–water partition coefficient (Wildman–Crippen LogP) is 6.50. The van der Waals surface area contributed by atoms with Crippen LogP contribution in [0, 0.1) is 29.6 Å². The zero-order valence-electron chi connectivity index (χ0n) is 16.4. The van der Waals surface area contributed by atoms with E-state index in [1.54, 1.807) is 0 Å². The summed E-state index contributed by atoms with van der Waals surface area (Å²) < 4.78 is 2.22. The maximum Gasteiger partial charge on any atom is 0.0998 e. The molecule has 3 heteroatoms. The van der Waals surface area contributed by atoms with E-state index in [9.17, 15) is 10.5 Å². The number of hydrogen-bond donors (Lipinski definition) is 0. The van der Waals surface area contributed by atoms with Crippen molar-refractivity contribution in [3.63, 3.8) is 0 Å². The number of aromatic nitrogens is 1. The summed E-state index contributed by atoms with van der Waals surface area (Å²) in [4.78, 5) is 0. The summed E-state index contributed by atoms with van der Waals surface area (Å²) in [5, 5.41) is 21.3. The Morgan fingerprint density at radius 3 is 2.20 bits per heavy atom. The molecule has 0 aliphatic heterocycles. The Bertz CT molecular complexity index is 1520. The van der Waals surface area contributed by atoms with Gasteiger partial charge in [0, 0.05) is 10.8 Å². The molecule has 5 aromatic rings. The van der Waals surface area contributed by atoms with Crippen molar-refractivity contribution < 1.29 is 0 Å². The van der Waals surface area contributed by atoms with Crippen molar-refractivity contribution in [2.24, 2.45) is 0 Å². The van der Waals surface area contributed by atoms with Crippen LogP contribution in [0.2, 0.25) is 0 Å².